The van der Waals surface area contributed by atoms with Crippen LogP contribution >= 0.6 is 55.8 Å². The largest absolute Gasteiger partial charge is 0.271 e. The Balaban J connectivity index is 2.40. The number of carbonyl (C=O) groups is 1. The third-order valence-corrected chi connectivity index (χ3v) is 4.73. The fourth-order valence-electron chi connectivity index (χ4n) is 1.21. The van der Waals surface area contributed by atoms with E-state index < -0.39 is 2.57 Å². The molecule has 1 aliphatic heterocycles. The minimum atomic E-state index is -0.813. The fourth-order valence-corrected chi connectivity index (χ4v) is 4.37. The highest BCUT2D eigenvalue weighted by Gasteiger charge is 2.47. The van der Waals surface area contributed by atoms with Crippen LogP contribution in [0.1, 0.15) is 0 Å². The first-order valence-corrected chi connectivity index (χ1v) is 6.84. The van der Waals surface area contributed by atoms with Crippen molar-refractivity contribution in [1.29, 1.82) is 0 Å². The molecule has 6 heteroatoms. The van der Waals surface area contributed by atoms with Crippen LogP contribution in [-0.2, 0) is 4.79 Å². The molecule has 1 aromatic rings. The number of nitrogens with zero attached hydrogens (tertiary/aromatic N) is 1. The first kappa shape index (κ1) is 11.6. The average molecular weight is 367 g/mol. The highest BCUT2D eigenvalue weighted by atomic mass is 79.9. The van der Waals surface area contributed by atoms with Crippen LogP contribution in [0.3, 0.4) is 0 Å². The van der Waals surface area contributed by atoms with Crippen LogP contribution < -0.4 is 4.90 Å². The number of rotatable bonds is 1. The lowest BCUT2D eigenvalue weighted by Crippen LogP contribution is -2.32. The highest BCUT2D eigenvalue weighted by molar-refractivity contribution is 9.29. The number of thiocarbonyl (C=S) groups is 1. The van der Waals surface area contributed by atoms with E-state index in [1.165, 1.54) is 16.7 Å². The van der Waals surface area contributed by atoms with Gasteiger partial charge in [0, 0.05) is 0 Å². The van der Waals surface area contributed by atoms with Crippen molar-refractivity contribution in [3.63, 3.8) is 0 Å². The van der Waals surface area contributed by atoms with Crippen LogP contribution in [0, 0.1) is 0 Å². The molecular formula is C9H5Br2NOS2. The van der Waals surface area contributed by atoms with E-state index in [0.717, 1.165) is 5.69 Å². The summed E-state index contributed by atoms with van der Waals surface area (Å²) in [5.74, 6) is -0.108. The first-order valence-electron chi connectivity index (χ1n) is 4.03. The molecule has 1 aromatic carbocycles. The highest BCUT2D eigenvalue weighted by Crippen LogP contribution is 2.48. The predicted octanol–water partition coefficient (Wildman–Crippen LogP) is 3.49. The van der Waals surface area contributed by atoms with Gasteiger partial charge in [-0.05, 0) is 44.0 Å². The standard InChI is InChI=1S/C9H5Br2NOS2/c10-9(11)7(13)12(8(14)15-9)6-4-2-1-3-5-6/h1-5H. The molecule has 1 aliphatic rings. The number of alkyl halides is 2. The Morgan fingerprint density at radius 3 is 2.33 bits per heavy atom. The Hall–Kier alpha value is 0.0900. The van der Waals surface area contributed by atoms with Crippen molar-refractivity contribution in [3.8, 4) is 0 Å². The van der Waals surface area contributed by atoms with Gasteiger partial charge in [0.05, 0.1) is 5.69 Å². The normalized spacial score (nSPS) is 19.7. The lowest BCUT2D eigenvalue weighted by molar-refractivity contribution is -0.115. The summed E-state index contributed by atoms with van der Waals surface area (Å²) in [5, 5.41) is 0. The van der Waals surface area contributed by atoms with E-state index in [1.54, 1.807) is 0 Å². The zero-order valence-corrected chi connectivity index (χ0v) is 12.1. The third-order valence-electron chi connectivity index (χ3n) is 1.86. The van der Waals surface area contributed by atoms with Crippen molar-refractivity contribution in [2.75, 3.05) is 4.90 Å². The number of benzene rings is 1. The van der Waals surface area contributed by atoms with Crippen LogP contribution in [0.25, 0.3) is 0 Å². The maximum atomic E-state index is 12.0. The summed E-state index contributed by atoms with van der Waals surface area (Å²) < 4.78 is -0.271. The molecule has 0 atom stereocenters. The molecule has 78 valence electrons. The van der Waals surface area contributed by atoms with Crippen molar-refractivity contribution in [3.05, 3.63) is 30.3 Å². The van der Waals surface area contributed by atoms with E-state index in [9.17, 15) is 4.79 Å². The number of hydrogen-bond donors (Lipinski definition) is 0. The van der Waals surface area contributed by atoms with E-state index in [1.807, 2.05) is 30.3 Å². The minimum absolute atomic E-state index is 0.108. The Morgan fingerprint density at radius 2 is 1.87 bits per heavy atom. The van der Waals surface area contributed by atoms with Gasteiger partial charge in [0.2, 0.25) is 2.57 Å². The minimum Gasteiger partial charge on any atom is -0.270 e. The van der Waals surface area contributed by atoms with E-state index in [0.29, 0.717) is 4.32 Å². The molecule has 0 spiro atoms. The van der Waals surface area contributed by atoms with E-state index in [2.05, 4.69) is 31.9 Å². The molecule has 0 bridgehead atoms. The summed E-state index contributed by atoms with van der Waals surface area (Å²) in [7, 11) is 0. The molecule has 0 saturated carbocycles. The van der Waals surface area contributed by atoms with Crippen molar-refractivity contribution in [2.45, 2.75) is 2.57 Å². The number of hydrogen-bond acceptors (Lipinski definition) is 3. The van der Waals surface area contributed by atoms with Crippen molar-refractivity contribution in [1.82, 2.24) is 0 Å². The Kier molecular flexibility index (Phi) is 3.21. The molecule has 1 saturated heterocycles. The molecule has 2 nitrogen and oxygen atoms in total. The van der Waals surface area contributed by atoms with Crippen molar-refractivity contribution >= 4 is 71.8 Å². The Morgan fingerprint density at radius 1 is 1.27 bits per heavy atom. The van der Waals surface area contributed by atoms with Crippen LogP contribution in [0.4, 0.5) is 5.69 Å². The molecule has 0 aromatic heterocycles. The number of thioether (sulfide) groups is 1. The van der Waals surface area contributed by atoms with Crippen LogP contribution in [0.5, 0.6) is 0 Å². The van der Waals surface area contributed by atoms with Crippen molar-refractivity contribution < 1.29 is 4.79 Å². The molecule has 0 N–H and O–H groups in total. The summed E-state index contributed by atoms with van der Waals surface area (Å²) in [4.78, 5) is 13.5. The Bertz CT molecular complexity index is 421. The molecule has 1 heterocycles. The maximum absolute atomic E-state index is 12.0. The van der Waals surface area contributed by atoms with Gasteiger partial charge in [-0.3, -0.25) is 9.69 Å². The Labute approximate surface area is 114 Å². The second-order valence-electron chi connectivity index (χ2n) is 2.86. The van der Waals surface area contributed by atoms with Crippen LogP contribution in [0.2, 0.25) is 0 Å². The van der Waals surface area contributed by atoms with Gasteiger partial charge in [-0.2, -0.15) is 0 Å². The summed E-state index contributed by atoms with van der Waals surface area (Å²) >= 11 is 13.0. The van der Waals surface area contributed by atoms with Gasteiger partial charge in [-0.1, -0.05) is 42.2 Å². The number of halogens is 2. The average Bonchev–Trinajstić information content (AvgIpc) is 2.38. The zero-order valence-electron chi connectivity index (χ0n) is 7.31. The van der Waals surface area contributed by atoms with Gasteiger partial charge >= 0.3 is 0 Å². The van der Waals surface area contributed by atoms with Crippen LogP contribution in [0.15, 0.2) is 30.3 Å². The number of anilines is 1. The zero-order chi connectivity index (χ0) is 11.1. The van der Waals surface area contributed by atoms with E-state index in [-0.39, 0.29) is 5.91 Å². The van der Waals surface area contributed by atoms with E-state index >= 15 is 0 Å². The molecule has 15 heavy (non-hydrogen) atoms. The van der Waals surface area contributed by atoms with Gasteiger partial charge < -0.3 is 0 Å². The molecule has 0 aliphatic carbocycles. The second-order valence-corrected chi connectivity index (χ2v) is 9.20. The number of para-hydroxylation sites is 1. The molecular weight excluding hydrogens is 362 g/mol. The summed E-state index contributed by atoms with van der Waals surface area (Å²) in [6, 6.07) is 9.35. The smallest absolute Gasteiger partial charge is 0.270 e. The summed E-state index contributed by atoms with van der Waals surface area (Å²) in [6.45, 7) is 0. The number of amides is 1. The first-order chi connectivity index (χ1) is 7.02. The summed E-state index contributed by atoms with van der Waals surface area (Å²) in [5.41, 5.74) is 0.792. The van der Waals surface area contributed by atoms with Crippen LogP contribution in [-0.4, -0.2) is 12.8 Å². The fraction of sp³-hybridized carbons (Fsp3) is 0.111. The van der Waals surface area contributed by atoms with Gasteiger partial charge in [0.1, 0.15) is 4.32 Å². The number of carbonyl (C=O) groups excluding carboxylic acids is 1. The molecule has 1 amide bonds. The van der Waals surface area contributed by atoms with Gasteiger partial charge in [-0.25, -0.2) is 0 Å². The van der Waals surface area contributed by atoms with Gasteiger partial charge in [-0.15, -0.1) is 0 Å². The maximum Gasteiger partial charge on any atom is 0.271 e. The molecule has 0 unspecified atom stereocenters. The molecule has 0 radical (unpaired) electrons. The van der Waals surface area contributed by atoms with E-state index in [4.69, 9.17) is 12.2 Å². The predicted molar refractivity (Wildman–Crippen MR) is 74.7 cm³/mol. The third kappa shape index (κ3) is 2.13. The van der Waals surface area contributed by atoms with Gasteiger partial charge in [0.15, 0.2) is 0 Å². The van der Waals surface area contributed by atoms with Gasteiger partial charge in [0.25, 0.3) is 5.91 Å². The van der Waals surface area contributed by atoms with Crippen molar-refractivity contribution in [2.24, 2.45) is 0 Å². The quantitative estimate of drug-likeness (QED) is 0.560. The lowest BCUT2D eigenvalue weighted by atomic mass is 10.3. The monoisotopic (exact) mass is 365 g/mol. The summed E-state index contributed by atoms with van der Waals surface area (Å²) in [6.07, 6.45) is 0. The SMILES string of the molecule is O=C1N(c2ccccc2)C(=S)SC1(Br)Br. The topological polar surface area (TPSA) is 20.3 Å². The molecule has 2 rings (SSSR count). The lowest BCUT2D eigenvalue weighted by Gasteiger charge is -2.15. The second kappa shape index (κ2) is 4.16. The molecule has 1 fully saturated rings.